The maximum atomic E-state index is 9.76. The van der Waals surface area contributed by atoms with E-state index >= 15 is 0 Å². The van der Waals surface area contributed by atoms with Gasteiger partial charge in [-0.1, -0.05) is 13.0 Å². The van der Waals surface area contributed by atoms with Crippen molar-refractivity contribution in [2.24, 2.45) is 0 Å². The summed E-state index contributed by atoms with van der Waals surface area (Å²) in [4.78, 5) is 2.43. The van der Waals surface area contributed by atoms with E-state index in [1.54, 1.807) is 6.92 Å². The van der Waals surface area contributed by atoms with E-state index in [0.717, 1.165) is 36.4 Å². The van der Waals surface area contributed by atoms with E-state index in [2.05, 4.69) is 31.7 Å². The molecule has 0 aromatic heterocycles. The van der Waals surface area contributed by atoms with Crippen LogP contribution in [0.1, 0.15) is 58.3 Å². The van der Waals surface area contributed by atoms with Crippen molar-refractivity contribution in [2.75, 3.05) is 13.2 Å². The van der Waals surface area contributed by atoms with E-state index < -0.39 is 6.10 Å². The van der Waals surface area contributed by atoms with Crippen LogP contribution in [-0.4, -0.2) is 29.2 Å². The van der Waals surface area contributed by atoms with Gasteiger partial charge in [0.05, 0.1) is 12.7 Å². The molecular formula is C17H29NO2. The SMILES string of the molecule is CCCN(Cc1cc(C(C)O)ccc1OCC)C(C)C. The topological polar surface area (TPSA) is 32.7 Å². The summed E-state index contributed by atoms with van der Waals surface area (Å²) in [6.45, 7) is 13.0. The Morgan fingerprint density at radius 1 is 1.20 bits per heavy atom. The van der Waals surface area contributed by atoms with E-state index in [9.17, 15) is 5.11 Å². The van der Waals surface area contributed by atoms with Crippen LogP contribution in [0.15, 0.2) is 18.2 Å². The van der Waals surface area contributed by atoms with Crippen molar-refractivity contribution in [1.29, 1.82) is 0 Å². The van der Waals surface area contributed by atoms with Crippen molar-refractivity contribution in [2.45, 2.75) is 59.7 Å². The molecule has 20 heavy (non-hydrogen) atoms. The number of aliphatic hydroxyl groups is 1. The molecule has 0 radical (unpaired) electrons. The lowest BCUT2D eigenvalue weighted by molar-refractivity contribution is 0.196. The first-order chi connectivity index (χ1) is 9.49. The molecule has 0 aliphatic rings. The molecule has 3 heteroatoms. The summed E-state index contributed by atoms with van der Waals surface area (Å²) < 4.78 is 5.72. The number of aliphatic hydroxyl groups excluding tert-OH is 1. The van der Waals surface area contributed by atoms with Gasteiger partial charge in [0.2, 0.25) is 0 Å². The van der Waals surface area contributed by atoms with E-state index in [1.807, 2.05) is 19.1 Å². The molecule has 1 rings (SSSR count). The van der Waals surface area contributed by atoms with Gasteiger partial charge in [0.15, 0.2) is 0 Å². The summed E-state index contributed by atoms with van der Waals surface area (Å²) in [5.41, 5.74) is 2.11. The second-order valence-electron chi connectivity index (χ2n) is 5.54. The maximum Gasteiger partial charge on any atom is 0.123 e. The molecule has 0 aliphatic carbocycles. The molecule has 0 amide bonds. The molecule has 0 heterocycles. The smallest absolute Gasteiger partial charge is 0.123 e. The molecule has 1 aromatic carbocycles. The summed E-state index contributed by atoms with van der Waals surface area (Å²) >= 11 is 0. The first kappa shape index (κ1) is 17.0. The van der Waals surface area contributed by atoms with Crippen LogP contribution >= 0.6 is 0 Å². The van der Waals surface area contributed by atoms with Gasteiger partial charge in [-0.3, -0.25) is 4.90 Å². The highest BCUT2D eigenvalue weighted by Gasteiger charge is 2.14. The monoisotopic (exact) mass is 279 g/mol. The Morgan fingerprint density at radius 3 is 2.40 bits per heavy atom. The van der Waals surface area contributed by atoms with Gasteiger partial charge in [0, 0.05) is 18.2 Å². The maximum absolute atomic E-state index is 9.76. The quantitative estimate of drug-likeness (QED) is 0.786. The lowest BCUT2D eigenvalue weighted by Gasteiger charge is -2.27. The summed E-state index contributed by atoms with van der Waals surface area (Å²) in [7, 11) is 0. The predicted octanol–water partition coefficient (Wildman–Crippen LogP) is 3.76. The van der Waals surface area contributed by atoms with Gasteiger partial charge in [0.1, 0.15) is 5.75 Å². The lowest BCUT2D eigenvalue weighted by atomic mass is 10.0. The molecule has 0 fully saturated rings. The third kappa shape index (κ3) is 4.80. The van der Waals surface area contributed by atoms with Crippen LogP contribution in [0.2, 0.25) is 0 Å². The Bertz CT molecular complexity index is 402. The normalized spacial score (nSPS) is 13.0. The van der Waals surface area contributed by atoms with Crippen LogP contribution in [0.3, 0.4) is 0 Å². The fourth-order valence-corrected chi connectivity index (χ4v) is 2.30. The molecule has 1 aromatic rings. The van der Waals surface area contributed by atoms with E-state index in [-0.39, 0.29) is 0 Å². The first-order valence-corrected chi connectivity index (χ1v) is 7.67. The number of rotatable bonds is 8. The molecule has 1 N–H and O–H groups in total. The number of benzene rings is 1. The zero-order valence-electron chi connectivity index (χ0n) is 13.5. The van der Waals surface area contributed by atoms with Crippen LogP contribution in [0.5, 0.6) is 5.75 Å². The number of nitrogens with zero attached hydrogens (tertiary/aromatic N) is 1. The minimum absolute atomic E-state index is 0.442. The Labute approximate surface area is 123 Å². The average Bonchev–Trinajstić information content (AvgIpc) is 2.39. The third-order valence-electron chi connectivity index (χ3n) is 3.48. The van der Waals surface area contributed by atoms with Crippen LogP contribution in [0, 0.1) is 0 Å². The molecule has 0 bridgehead atoms. The highest BCUT2D eigenvalue weighted by molar-refractivity contribution is 5.38. The molecule has 0 saturated carbocycles. The van der Waals surface area contributed by atoms with Gasteiger partial charge in [-0.05, 0) is 58.4 Å². The number of hydrogen-bond donors (Lipinski definition) is 1. The van der Waals surface area contributed by atoms with Gasteiger partial charge in [0.25, 0.3) is 0 Å². The fraction of sp³-hybridized carbons (Fsp3) is 0.647. The van der Waals surface area contributed by atoms with Gasteiger partial charge < -0.3 is 9.84 Å². The summed E-state index contributed by atoms with van der Waals surface area (Å²) in [5, 5.41) is 9.76. The molecule has 3 nitrogen and oxygen atoms in total. The van der Waals surface area contributed by atoms with Crippen molar-refractivity contribution in [3.8, 4) is 5.75 Å². The van der Waals surface area contributed by atoms with Crippen molar-refractivity contribution in [3.63, 3.8) is 0 Å². The highest BCUT2D eigenvalue weighted by Crippen LogP contribution is 2.25. The number of hydrogen-bond acceptors (Lipinski definition) is 3. The van der Waals surface area contributed by atoms with Gasteiger partial charge >= 0.3 is 0 Å². The zero-order chi connectivity index (χ0) is 15.1. The number of ether oxygens (including phenoxy) is 1. The first-order valence-electron chi connectivity index (χ1n) is 7.67. The van der Waals surface area contributed by atoms with Crippen LogP contribution in [-0.2, 0) is 6.54 Å². The van der Waals surface area contributed by atoms with Crippen molar-refractivity contribution in [3.05, 3.63) is 29.3 Å². The van der Waals surface area contributed by atoms with Gasteiger partial charge in [-0.15, -0.1) is 0 Å². The fourth-order valence-electron chi connectivity index (χ4n) is 2.30. The highest BCUT2D eigenvalue weighted by atomic mass is 16.5. The molecular weight excluding hydrogens is 250 g/mol. The Balaban J connectivity index is 3.01. The van der Waals surface area contributed by atoms with Crippen molar-refractivity contribution in [1.82, 2.24) is 4.90 Å². The summed E-state index contributed by atoms with van der Waals surface area (Å²) in [6.07, 6.45) is 0.696. The third-order valence-corrected chi connectivity index (χ3v) is 3.48. The van der Waals surface area contributed by atoms with Gasteiger partial charge in [-0.25, -0.2) is 0 Å². The Morgan fingerprint density at radius 2 is 1.90 bits per heavy atom. The van der Waals surface area contributed by atoms with Crippen LogP contribution in [0.4, 0.5) is 0 Å². The molecule has 1 atom stereocenters. The Hall–Kier alpha value is -1.06. The second kappa shape index (κ2) is 8.28. The molecule has 114 valence electrons. The largest absolute Gasteiger partial charge is 0.494 e. The van der Waals surface area contributed by atoms with Crippen molar-refractivity contribution < 1.29 is 9.84 Å². The Kier molecular flexibility index (Phi) is 7.03. The average molecular weight is 279 g/mol. The predicted molar refractivity (Wildman–Crippen MR) is 84.1 cm³/mol. The van der Waals surface area contributed by atoms with E-state index in [0.29, 0.717) is 12.6 Å². The minimum atomic E-state index is -0.442. The molecule has 0 spiro atoms. The van der Waals surface area contributed by atoms with E-state index in [4.69, 9.17) is 4.74 Å². The van der Waals surface area contributed by atoms with Crippen LogP contribution in [0.25, 0.3) is 0 Å². The summed E-state index contributed by atoms with van der Waals surface area (Å²) in [6, 6.07) is 6.49. The lowest BCUT2D eigenvalue weighted by Crippen LogP contribution is -2.31. The summed E-state index contributed by atoms with van der Waals surface area (Å²) in [5.74, 6) is 0.929. The second-order valence-corrected chi connectivity index (χ2v) is 5.54. The molecule has 0 aliphatic heterocycles. The van der Waals surface area contributed by atoms with Gasteiger partial charge in [-0.2, -0.15) is 0 Å². The zero-order valence-corrected chi connectivity index (χ0v) is 13.5. The molecule has 0 saturated heterocycles. The van der Waals surface area contributed by atoms with Crippen molar-refractivity contribution >= 4 is 0 Å². The minimum Gasteiger partial charge on any atom is -0.494 e. The molecule has 1 unspecified atom stereocenters. The standard InChI is InChI=1S/C17H29NO2/c1-6-10-18(13(3)4)12-16-11-15(14(5)19)8-9-17(16)20-7-2/h8-9,11,13-14,19H,6-7,10,12H2,1-5H3. The van der Waals surface area contributed by atoms with Crippen LogP contribution < -0.4 is 4.74 Å². The van der Waals surface area contributed by atoms with E-state index in [1.165, 1.54) is 0 Å².